The van der Waals surface area contributed by atoms with Gasteiger partial charge in [-0.25, -0.2) is 8.78 Å². The average Bonchev–Trinajstić information content (AvgIpc) is 2.20. The fourth-order valence-corrected chi connectivity index (χ4v) is 1.44. The molecule has 0 fully saturated rings. The minimum atomic E-state index is -2.78. The Labute approximate surface area is 89.3 Å². The quantitative estimate of drug-likeness (QED) is 0.812. The zero-order valence-electron chi connectivity index (χ0n) is 7.56. The molecule has 0 aliphatic carbocycles. The summed E-state index contributed by atoms with van der Waals surface area (Å²) in [6, 6.07) is 1.77. The van der Waals surface area contributed by atoms with Crippen molar-refractivity contribution < 1.29 is 8.78 Å². The molecule has 1 aromatic heterocycles. The van der Waals surface area contributed by atoms with Crippen LogP contribution in [0.25, 0.3) is 0 Å². The molecule has 3 nitrogen and oxygen atoms in total. The Morgan fingerprint density at radius 1 is 1.60 bits per heavy atom. The third-order valence-electron chi connectivity index (χ3n) is 1.91. The molecule has 0 saturated carbocycles. The van der Waals surface area contributed by atoms with Crippen molar-refractivity contribution in [2.24, 2.45) is 0 Å². The molecule has 1 rings (SSSR count). The van der Waals surface area contributed by atoms with Gasteiger partial charge in [0.2, 0.25) is 0 Å². The standard InChI is InChI=1S/C9H7ClF2N2O/c10-3-6-7(9(11)12)14-4-5(1-2-13)8(6)15/h4,9H,1,3H2,(H,14,15). The Balaban J connectivity index is 3.34. The molecular weight excluding hydrogens is 226 g/mol. The number of pyridine rings is 1. The first-order valence-corrected chi connectivity index (χ1v) is 4.59. The van der Waals surface area contributed by atoms with E-state index < -0.39 is 17.5 Å². The van der Waals surface area contributed by atoms with E-state index in [1.807, 2.05) is 0 Å². The topological polar surface area (TPSA) is 56.6 Å². The van der Waals surface area contributed by atoms with Gasteiger partial charge in [0.25, 0.3) is 6.43 Å². The molecule has 6 heteroatoms. The van der Waals surface area contributed by atoms with E-state index in [1.165, 1.54) is 0 Å². The van der Waals surface area contributed by atoms with E-state index in [-0.39, 0.29) is 23.4 Å². The molecule has 0 aromatic carbocycles. The molecular formula is C9H7ClF2N2O. The van der Waals surface area contributed by atoms with Crippen molar-refractivity contribution in [1.29, 1.82) is 5.26 Å². The van der Waals surface area contributed by atoms with E-state index in [0.29, 0.717) is 0 Å². The van der Waals surface area contributed by atoms with Crippen LogP contribution in [0, 0.1) is 11.3 Å². The Bertz CT molecular complexity index is 450. The monoisotopic (exact) mass is 232 g/mol. The zero-order valence-corrected chi connectivity index (χ0v) is 8.31. The van der Waals surface area contributed by atoms with Crippen molar-refractivity contribution >= 4 is 11.6 Å². The molecule has 0 atom stereocenters. The first kappa shape index (κ1) is 11.7. The lowest BCUT2D eigenvalue weighted by Crippen LogP contribution is -2.17. The first-order chi connectivity index (χ1) is 7.11. The fourth-order valence-electron chi connectivity index (χ4n) is 1.18. The van der Waals surface area contributed by atoms with Gasteiger partial charge in [0, 0.05) is 17.3 Å². The van der Waals surface area contributed by atoms with Gasteiger partial charge in [-0.15, -0.1) is 11.6 Å². The Hall–Kier alpha value is -1.41. The molecule has 0 unspecified atom stereocenters. The molecule has 1 aromatic rings. The molecule has 0 aliphatic heterocycles. The number of aromatic nitrogens is 1. The largest absolute Gasteiger partial charge is 0.360 e. The maximum absolute atomic E-state index is 12.4. The second-order valence-corrected chi connectivity index (χ2v) is 3.07. The number of aromatic amines is 1. The van der Waals surface area contributed by atoms with Crippen molar-refractivity contribution in [3.05, 3.63) is 33.2 Å². The van der Waals surface area contributed by atoms with E-state index in [1.54, 1.807) is 6.07 Å². The van der Waals surface area contributed by atoms with E-state index in [2.05, 4.69) is 4.98 Å². The smallest absolute Gasteiger partial charge is 0.278 e. The summed E-state index contributed by atoms with van der Waals surface area (Å²) in [5, 5.41) is 8.40. The van der Waals surface area contributed by atoms with Gasteiger partial charge in [0.1, 0.15) is 0 Å². The van der Waals surface area contributed by atoms with Crippen molar-refractivity contribution in [3.8, 4) is 6.07 Å². The van der Waals surface area contributed by atoms with E-state index in [9.17, 15) is 13.6 Å². The number of H-pyrrole nitrogens is 1. The second kappa shape index (κ2) is 4.89. The minimum absolute atomic E-state index is 0.122. The van der Waals surface area contributed by atoms with E-state index in [0.717, 1.165) is 6.20 Å². The van der Waals surface area contributed by atoms with Crippen molar-refractivity contribution in [2.45, 2.75) is 18.7 Å². The number of nitrogens with zero attached hydrogens (tertiary/aromatic N) is 1. The number of hydrogen-bond donors (Lipinski definition) is 1. The molecule has 0 saturated heterocycles. The lowest BCUT2D eigenvalue weighted by molar-refractivity contribution is 0.145. The van der Waals surface area contributed by atoms with Gasteiger partial charge < -0.3 is 4.98 Å². The first-order valence-electron chi connectivity index (χ1n) is 4.06. The van der Waals surface area contributed by atoms with Crippen molar-refractivity contribution in [2.75, 3.05) is 0 Å². The molecule has 0 amide bonds. The molecule has 0 aliphatic rings. The number of rotatable bonds is 3. The van der Waals surface area contributed by atoms with E-state index in [4.69, 9.17) is 16.9 Å². The van der Waals surface area contributed by atoms with Gasteiger partial charge in [0.05, 0.1) is 24.1 Å². The molecule has 0 spiro atoms. The summed E-state index contributed by atoms with van der Waals surface area (Å²) < 4.78 is 24.8. The van der Waals surface area contributed by atoms with Crippen molar-refractivity contribution in [1.82, 2.24) is 4.98 Å². The summed E-state index contributed by atoms with van der Waals surface area (Å²) in [6.45, 7) is 0. The van der Waals surface area contributed by atoms with Crippen LogP contribution in [0.15, 0.2) is 11.0 Å². The second-order valence-electron chi connectivity index (χ2n) is 2.80. The van der Waals surface area contributed by atoms with Crippen LogP contribution >= 0.6 is 11.6 Å². The fraction of sp³-hybridized carbons (Fsp3) is 0.333. The van der Waals surface area contributed by atoms with Crippen LogP contribution in [0.4, 0.5) is 8.78 Å². The third kappa shape index (κ3) is 2.34. The highest BCUT2D eigenvalue weighted by molar-refractivity contribution is 6.17. The normalized spacial score (nSPS) is 10.3. The summed E-state index contributed by atoms with van der Waals surface area (Å²) in [4.78, 5) is 13.8. The lowest BCUT2D eigenvalue weighted by atomic mass is 10.1. The van der Waals surface area contributed by atoms with Gasteiger partial charge in [-0.05, 0) is 0 Å². The number of hydrogen-bond acceptors (Lipinski definition) is 2. The maximum atomic E-state index is 12.4. The maximum Gasteiger partial charge on any atom is 0.278 e. The van der Waals surface area contributed by atoms with Crippen LogP contribution in [0.1, 0.15) is 23.2 Å². The van der Waals surface area contributed by atoms with Crippen LogP contribution in [0.5, 0.6) is 0 Å². The molecule has 0 radical (unpaired) electrons. The van der Waals surface area contributed by atoms with Gasteiger partial charge >= 0.3 is 0 Å². The molecule has 1 N–H and O–H groups in total. The van der Waals surface area contributed by atoms with Crippen LogP contribution in [0.3, 0.4) is 0 Å². The summed E-state index contributed by atoms with van der Waals surface area (Å²) in [5.74, 6) is -0.297. The zero-order chi connectivity index (χ0) is 11.4. The van der Waals surface area contributed by atoms with Crippen LogP contribution in [-0.4, -0.2) is 4.98 Å². The van der Waals surface area contributed by atoms with Crippen LogP contribution in [0.2, 0.25) is 0 Å². The predicted molar refractivity (Wildman–Crippen MR) is 50.9 cm³/mol. The highest BCUT2D eigenvalue weighted by atomic mass is 35.5. The number of nitriles is 1. The summed E-state index contributed by atoms with van der Waals surface area (Å²) >= 11 is 5.42. The van der Waals surface area contributed by atoms with Gasteiger partial charge in [-0.2, -0.15) is 5.26 Å². The lowest BCUT2D eigenvalue weighted by Gasteiger charge is -2.06. The molecule has 0 bridgehead atoms. The molecule has 1 heterocycles. The van der Waals surface area contributed by atoms with Crippen molar-refractivity contribution in [3.63, 3.8) is 0 Å². The number of alkyl halides is 3. The highest BCUT2D eigenvalue weighted by Gasteiger charge is 2.17. The summed E-state index contributed by atoms with van der Waals surface area (Å²) in [6.07, 6.45) is -1.77. The average molecular weight is 233 g/mol. The number of halogens is 3. The Morgan fingerprint density at radius 3 is 2.73 bits per heavy atom. The van der Waals surface area contributed by atoms with Gasteiger partial charge in [-0.1, -0.05) is 0 Å². The number of nitrogens with one attached hydrogen (secondary N) is 1. The summed E-state index contributed by atoms with van der Waals surface area (Å²) in [7, 11) is 0. The molecule has 80 valence electrons. The van der Waals surface area contributed by atoms with Gasteiger partial charge in [0.15, 0.2) is 5.43 Å². The Morgan fingerprint density at radius 2 is 2.27 bits per heavy atom. The highest BCUT2D eigenvalue weighted by Crippen LogP contribution is 2.19. The Kier molecular flexibility index (Phi) is 3.81. The SMILES string of the molecule is N#CCc1c[nH]c(C(F)F)c(CCl)c1=O. The predicted octanol–water partition coefficient (Wildman–Crippen LogP) is 2.12. The van der Waals surface area contributed by atoms with E-state index >= 15 is 0 Å². The molecule has 15 heavy (non-hydrogen) atoms. The third-order valence-corrected chi connectivity index (χ3v) is 2.18. The van der Waals surface area contributed by atoms with Crippen LogP contribution in [-0.2, 0) is 12.3 Å². The minimum Gasteiger partial charge on any atom is -0.360 e. The van der Waals surface area contributed by atoms with Gasteiger partial charge in [-0.3, -0.25) is 4.79 Å². The van der Waals surface area contributed by atoms with Crippen LogP contribution < -0.4 is 5.43 Å². The summed E-state index contributed by atoms with van der Waals surface area (Å²) in [5.41, 5.74) is -1.07.